The number of carbonyl (C=O) groups is 1. The van der Waals surface area contributed by atoms with Gasteiger partial charge in [-0.3, -0.25) is 9.78 Å². The third-order valence-corrected chi connectivity index (χ3v) is 7.03. The van der Waals surface area contributed by atoms with Gasteiger partial charge in [0, 0.05) is 46.0 Å². The lowest BCUT2D eigenvalue weighted by molar-refractivity contribution is 0.102. The number of hydrogen-bond acceptors (Lipinski definition) is 4. The number of halogens is 1. The molecule has 1 amide bonds. The van der Waals surface area contributed by atoms with Gasteiger partial charge in [-0.1, -0.05) is 59.8 Å². The molecule has 0 saturated carbocycles. The van der Waals surface area contributed by atoms with E-state index in [1.54, 1.807) is 30.1 Å². The molecular weight excluding hydrogens is 476 g/mol. The van der Waals surface area contributed by atoms with Gasteiger partial charge in [-0.15, -0.1) is 0 Å². The average Bonchev–Trinajstić information content (AvgIpc) is 3.28. The molecule has 2 N–H and O–H groups in total. The molecule has 7 heteroatoms. The Balaban J connectivity index is 1.35. The van der Waals surface area contributed by atoms with Gasteiger partial charge in [-0.2, -0.15) is 0 Å². The summed E-state index contributed by atoms with van der Waals surface area (Å²) in [4.78, 5) is 25.2. The van der Waals surface area contributed by atoms with Gasteiger partial charge in [0.15, 0.2) is 5.16 Å². The van der Waals surface area contributed by atoms with Crippen LogP contribution in [0.5, 0.6) is 0 Å². The molecule has 0 unspecified atom stereocenters. The van der Waals surface area contributed by atoms with Gasteiger partial charge in [-0.05, 0) is 60.7 Å². The molecule has 35 heavy (non-hydrogen) atoms. The summed E-state index contributed by atoms with van der Waals surface area (Å²) in [6, 6.07) is 21.4. The highest BCUT2D eigenvalue weighted by Crippen LogP contribution is 2.34. The number of rotatable bonds is 6. The summed E-state index contributed by atoms with van der Waals surface area (Å²) in [5.74, 6) is 0.608. The van der Waals surface area contributed by atoms with Crippen LogP contribution < -0.4 is 5.32 Å². The monoisotopic (exact) mass is 498 g/mol. The Kier molecular flexibility index (Phi) is 6.57. The van der Waals surface area contributed by atoms with E-state index in [-0.39, 0.29) is 5.91 Å². The third kappa shape index (κ3) is 5.09. The lowest BCUT2D eigenvalue weighted by atomic mass is 10.0. The Labute approximate surface area is 213 Å². The van der Waals surface area contributed by atoms with Crippen LogP contribution in [0.4, 0.5) is 5.69 Å². The van der Waals surface area contributed by atoms with Crippen molar-refractivity contribution in [1.82, 2.24) is 15.0 Å². The molecule has 5 nitrogen and oxygen atoms in total. The molecule has 0 saturated heterocycles. The van der Waals surface area contributed by atoms with Gasteiger partial charge in [0.1, 0.15) is 0 Å². The average molecular weight is 499 g/mol. The molecule has 0 radical (unpaired) electrons. The summed E-state index contributed by atoms with van der Waals surface area (Å²) in [5.41, 5.74) is 5.95. The first-order valence-electron chi connectivity index (χ1n) is 11.2. The van der Waals surface area contributed by atoms with Crippen molar-refractivity contribution in [3.63, 3.8) is 0 Å². The van der Waals surface area contributed by atoms with Crippen molar-refractivity contribution in [2.24, 2.45) is 0 Å². The summed E-state index contributed by atoms with van der Waals surface area (Å²) >= 11 is 8.18. The van der Waals surface area contributed by atoms with Crippen molar-refractivity contribution in [2.75, 3.05) is 5.32 Å². The Bertz CT molecular complexity index is 1540. The molecule has 2 heterocycles. The van der Waals surface area contributed by atoms with Gasteiger partial charge in [-0.25, -0.2) is 4.98 Å². The first-order chi connectivity index (χ1) is 17.0. The van der Waals surface area contributed by atoms with Crippen LogP contribution in [0.1, 0.15) is 27.2 Å². The molecule has 3 aromatic carbocycles. The van der Waals surface area contributed by atoms with Crippen molar-refractivity contribution >= 4 is 45.7 Å². The van der Waals surface area contributed by atoms with Gasteiger partial charge in [0.2, 0.25) is 0 Å². The van der Waals surface area contributed by atoms with Crippen LogP contribution in [0.3, 0.4) is 0 Å². The fraction of sp³-hybridized carbons (Fsp3) is 0.107. The topological polar surface area (TPSA) is 70.7 Å². The Morgan fingerprint density at radius 2 is 1.89 bits per heavy atom. The van der Waals surface area contributed by atoms with Crippen molar-refractivity contribution in [2.45, 2.75) is 24.8 Å². The van der Waals surface area contributed by atoms with Crippen LogP contribution in [0.25, 0.3) is 22.0 Å². The molecule has 0 atom stereocenters. The van der Waals surface area contributed by atoms with Crippen molar-refractivity contribution in [1.29, 1.82) is 0 Å². The fourth-order valence-electron chi connectivity index (χ4n) is 4.00. The molecule has 5 rings (SSSR count). The maximum atomic E-state index is 13.1. The van der Waals surface area contributed by atoms with E-state index < -0.39 is 0 Å². The summed E-state index contributed by atoms with van der Waals surface area (Å²) in [6.45, 7) is 3.93. The van der Waals surface area contributed by atoms with E-state index in [1.165, 1.54) is 0 Å². The maximum Gasteiger partial charge on any atom is 0.255 e. The van der Waals surface area contributed by atoms with E-state index in [0.29, 0.717) is 16.3 Å². The predicted molar refractivity (Wildman–Crippen MR) is 144 cm³/mol. The molecule has 0 aliphatic rings. The first kappa shape index (κ1) is 23.1. The fourth-order valence-corrected chi connectivity index (χ4v) is 5.05. The Morgan fingerprint density at radius 1 is 1.03 bits per heavy atom. The number of pyridine rings is 1. The number of thioether (sulfide) groups is 1. The molecule has 0 fully saturated rings. The molecule has 0 aliphatic carbocycles. The van der Waals surface area contributed by atoms with Crippen molar-refractivity contribution in [3.05, 3.63) is 107 Å². The number of H-pyrrole nitrogens is 1. The van der Waals surface area contributed by atoms with Crippen LogP contribution in [0.2, 0.25) is 5.02 Å². The smallest absolute Gasteiger partial charge is 0.255 e. The summed E-state index contributed by atoms with van der Waals surface area (Å²) in [7, 11) is 0. The standard InChI is InChI=1S/C28H23ClN4OS/c1-17-13-19(16-35-28-31-15-18(2)32-28)7-9-22(17)27(34)33-21-8-10-25(29)24(14-21)26-23-6-4-3-5-20(23)11-12-30-26/h3-15H,16H2,1-2H3,(H,31,32)(H,33,34). The summed E-state index contributed by atoms with van der Waals surface area (Å²) < 4.78 is 0. The second-order valence-electron chi connectivity index (χ2n) is 8.34. The minimum Gasteiger partial charge on any atom is -0.337 e. The number of carbonyl (C=O) groups excluding carboxylic acids is 1. The quantitative estimate of drug-likeness (QED) is 0.239. The van der Waals surface area contributed by atoms with Crippen LogP contribution in [-0.4, -0.2) is 20.9 Å². The largest absolute Gasteiger partial charge is 0.337 e. The van der Waals surface area contributed by atoms with Crippen LogP contribution in [0, 0.1) is 13.8 Å². The molecule has 0 spiro atoms. The van der Waals surface area contributed by atoms with E-state index in [0.717, 1.165) is 49.8 Å². The number of imidazole rings is 1. The summed E-state index contributed by atoms with van der Waals surface area (Å²) in [6.07, 6.45) is 3.59. The molecular formula is C28H23ClN4OS. The minimum absolute atomic E-state index is 0.164. The van der Waals surface area contributed by atoms with Gasteiger partial charge >= 0.3 is 0 Å². The lowest BCUT2D eigenvalue weighted by Crippen LogP contribution is -2.13. The number of aryl methyl sites for hydroxylation is 2. The number of amides is 1. The molecule has 174 valence electrons. The van der Waals surface area contributed by atoms with Crippen LogP contribution in [0.15, 0.2) is 84.3 Å². The van der Waals surface area contributed by atoms with Crippen LogP contribution >= 0.6 is 23.4 Å². The minimum atomic E-state index is -0.164. The molecule has 2 aromatic heterocycles. The van der Waals surface area contributed by atoms with E-state index in [9.17, 15) is 4.79 Å². The molecule has 5 aromatic rings. The second kappa shape index (κ2) is 9.94. The van der Waals surface area contributed by atoms with E-state index in [2.05, 4.69) is 20.3 Å². The highest BCUT2D eigenvalue weighted by Gasteiger charge is 2.14. The normalized spacial score (nSPS) is 11.1. The molecule has 0 aliphatic heterocycles. The van der Waals surface area contributed by atoms with Crippen LogP contribution in [-0.2, 0) is 5.75 Å². The highest BCUT2D eigenvalue weighted by atomic mass is 35.5. The lowest BCUT2D eigenvalue weighted by Gasteiger charge is -2.12. The van der Waals surface area contributed by atoms with Crippen molar-refractivity contribution < 1.29 is 4.79 Å². The number of benzene rings is 3. The van der Waals surface area contributed by atoms with Crippen molar-refractivity contribution in [3.8, 4) is 11.3 Å². The molecule has 0 bridgehead atoms. The van der Waals surface area contributed by atoms with Gasteiger partial charge in [0.25, 0.3) is 5.91 Å². The highest BCUT2D eigenvalue weighted by molar-refractivity contribution is 7.98. The van der Waals surface area contributed by atoms with Gasteiger partial charge in [0.05, 0.1) is 10.7 Å². The SMILES string of the molecule is Cc1cnc(SCc2ccc(C(=O)Nc3ccc(Cl)c(-c4nccc5ccccc45)c3)c(C)c2)[nH]1. The maximum absolute atomic E-state index is 13.1. The second-order valence-corrected chi connectivity index (χ2v) is 9.71. The number of aromatic amines is 1. The summed E-state index contributed by atoms with van der Waals surface area (Å²) in [5, 5.41) is 6.58. The van der Waals surface area contributed by atoms with E-state index in [1.807, 2.05) is 74.6 Å². The van der Waals surface area contributed by atoms with Gasteiger partial charge < -0.3 is 10.3 Å². The Hall–Kier alpha value is -3.61. The van der Waals surface area contributed by atoms with E-state index in [4.69, 9.17) is 11.6 Å². The number of nitrogens with zero attached hydrogens (tertiary/aromatic N) is 2. The zero-order valence-corrected chi connectivity index (χ0v) is 20.9. The first-order valence-corrected chi connectivity index (χ1v) is 12.5. The number of anilines is 1. The predicted octanol–water partition coefficient (Wildman–Crippen LogP) is 7.44. The third-order valence-electron chi connectivity index (χ3n) is 5.74. The Morgan fingerprint density at radius 3 is 2.69 bits per heavy atom. The zero-order chi connectivity index (χ0) is 24.4. The number of hydrogen-bond donors (Lipinski definition) is 2. The van der Waals surface area contributed by atoms with E-state index >= 15 is 0 Å². The zero-order valence-electron chi connectivity index (χ0n) is 19.3. The number of aromatic nitrogens is 3. The number of fused-ring (bicyclic) bond motifs is 1. The number of nitrogens with one attached hydrogen (secondary N) is 2.